The molecular formula is C30H35ClFN5O. The molecule has 0 bridgehead atoms. The normalized spacial score (nSPS) is 13.9. The van der Waals surface area contributed by atoms with E-state index >= 15 is 0 Å². The van der Waals surface area contributed by atoms with Crippen LogP contribution >= 0.6 is 12.4 Å². The Balaban J connectivity index is 0.00000336. The van der Waals surface area contributed by atoms with Gasteiger partial charge in [-0.2, -0.15) is 0 Å². The highest BCUT2D eigenvalue weighted by Gasteiger charge is 2.25. The number of nitrogens with one attached hydrogen (secondary N) is 1. The van der Waals surface area contributed by atoms with Crippen molar-refractivity contribution in [1.29, 1.82) is 0 Å². The number of nitrogens with zero attached hydrogens (tertiary/aromatic N) is 4. The molecule has 2 aromatic heterocycles. The van der Waals surface area contributed by atoms with Crippen LogP contribution in [0, 0.1) is 19.7 Å². The van der Waals surface area contributed by atoms with Crippen LogP contribution in [0.15, 0.2) is 60.7 Å². The van der Waals surface area contributed by atoms with E-state index in [1.54, 1.807) is 12.1 Å². The maximum atomic E-state index is 13.6. The van der Waals surface area contributed by atoms with Crippen LogP contribution < -0.4 is 5.32 Å². The van der Waals surface area contributed by atoms with Gasteiger partial charge >= 0.3 is 0 Å². The van der Waals surface area contributed by atoms with Crippen molar-refractivity contribution in [1.82, 2.24) is 19.4 Å². The van der Waals surface area contributed by atoms with Gasteiger partial charge in [0.2, 0.25) is 0 Å². The topological polar surface area (TPSA) is 53.4 Å². The smallest absolute Gasteiger partial charge is 0.272 e. The van der Waals surface area contributed by atoms with E-state index in [4.69, 9.17) is 4.98 Å². The molecule has 200 valence electrons. The molecule has 0 unspecified atom stereocenters. The molecule has 0 atom stereocenters. The Bertz CT molecular complexity index is 1400. The number of rotatable bonds is 7. The van der Waals surface area contributed by atoms with Gasteiger partial charge in [-0.3, -0.25) is 4.79 Å². The van der Waals surface area contributed by atoms with E-state index in [0.717, 1.165) is 47.4 Å². The number of aromatic nitrogens is 2. The van der Waals surface area contributed by atoms with E-state index in [0.29, 0.717) is 37.7 Å². The van der Waals surface area contributed by atoms with Crippen molar-refractivity contribution in [2.75, 3.05) is 38.0 Å². The summed E-state index contributed by atoms with van der Waals surface area (Å²) in [6, 6.07) is 18.8. The monoisotopic (exact) mass is 535 g/mol. The Kier molecular flexibility index (Phi) is 8.69. The number of benzene rings is 2. The van der Waals surface area contributed by atoms with Gasteiger partial charge in [-0.25, -0.2) is 9.37 Å². The molecule has 0 saturated carbocycles. The maximum absolute atomic E-state index is 13.6. The van der Waals surface area contributed by atoms with Gasteiger partial charge in [-0.15, -0.1) is 12.4 Å². The SMILES string of the molecule is CCN1CCN(C(=O)c2cc3c(C)c(C)n(Cc4ccccc4)c3c(NCc3ccc(F)cc3)n2)CC1.Cl. The minimum Gasteiger partial charge on any atom is -0.364 e. The zero-order chi connectivity index (χ0) is 25.9. The summed E-state index contributed by atoms with van der Waals surface area (Å²) in [5.74, 6) is 0.378. The third kappa shape index (κ3) is 5.69. The van der Waals surface area contributed by atoms with E-state index in [-0.39, 0.29) is 24.1 Å². The molecule has 8 heteroatoms. The quantitative estimate of drug-likeness (QED) is 0.332. The minimum absolute atomic E-state index is 0. The number of halogens is 2. The Morgan fingerprint density at radius 1 is 0.974 bits per heavy atom. The fraction of sp³-hybridized carbons (Fsp3) is 0.333. The molecule has 1 N–H and O–H groups in total. The van der Waals surface area contributed by atoms with Gasteiger partial charge in [0.1, 0.15) is 11.5 Å². The van der Waals surface area contributed by atoms with Crippen molar-refractivity contribution in [3.8, 4) is 0 Å². The highest BCUT2D eigenvalue weighted by Crippen LogP contribution is 2.32. The summed E-state index contributed by atoms with van der Waals surface area (Å²) < 4.78 is 15.7. The average molecular weight is 536 g/mol. The fourth-order valence-corrected chi connectivity index (χ4v) is 5.08. The lowest BCUT2D eigenvalue weighted by atomic mass is 10.1. The summed E-state index contributed by atoms with van der Waals surface area (Å²) >= 11 is 0. The largest absolute Gasteiger partial charge is 0.364 e. The molecule has 1 aliphatic rings. The Hall–Kier alpha value is -3.42. The number of anilines is 1. The van der Waals surface area contributed by atoms with Gasteiger partial charge in [-0.05, 0) is 55.3 Å². The lowest BCUT2D eigenvalue weighted by Gasteiger charge is -2.33. The van der Waals surface area contributed by atoms with Crippen molar-refractivity contribution < 1.29 is 9.18 Å². The minimum atomic E-state index is -0.261. The molecule has 2 aromatic carbocycles. The van der Waals surface area contributed by atoms with Gasteiger partial charge in [-0.1, -0.05) is 49.4 Å². The number of fused-ring (bicyclic) bond motifs is 1. The first-order valence-electron chi connectivity index (χ1n) is 13.0. The van der Waals surface area contributed by atoms with Gasteiger partial charge in [0.15, 0.2) is 5.82 Å². The highest BCUT2D eigenvalue weighted by atomic mass is 35.5. The molecule has 1 amide bonds. The molecule has 4 aromatic rings. The molecule has 0 radical (unpaired) electrons. The lowest BCUT2D eigenvalue weighted by molar-refractivity contribution is 0.0638. The summed E-state index contributed by atoms with van der Waals surface area (Å²) in [6.07, 6.45) is 0. The highest BCUT2D eigenvalue weighted by molar-refractivity contribution is 6.01. The molecule has 0 aliphatic carbocycles. The Morgan fingerprint density at radius 2 is 1.66 bits per heavy atom. The van der Waals surface area contributed by atoms with Gasteiger partial charge in [0.05, 0.1) is 5.52 Å². The van der Waals surface area contributed by atoms with Crippen molar-refractivity contribution in [3.05, 3.63) is 94.6 Å². The summed E-state index contributed by atoms with van der Waals surface area (Å²) in [5, 5.41) is 4.50. The molecule has 38 heavy (non-hydrogen) atoms. The molecule has 5 rings (SSSR count). The molecule has 1 fully saturated rings. The Morgan fingerprint density at radius 3 is 2.32 bits per heavy atom. The van der Waals surface area contributed by atoms with Gasteiger partial charge in [0.25, 0.3) is 5.91 Å². The second-order valence-corrected chi connectivity index (χ2v) is 9.74. The number of hydrogen-bond donors (Lipinski definition) is 1. The van der Waals surface area contributed by atoms with Crippen LogP contribution in [-0.4, -0.2) is 58.0 Å². The second-order valence-electron chi connectivity index (χ2n) is 9.74. The van der Waals surface area contributed by atoms with Crippen molar-refractivity contribution in [3.63, 3.8) is 0 Å². The third-order valence-corrected chi connectivity index (χ3v) is 7.50. The summed E-state index contributed by atoms with van der Waals surface area (Å²) in [6.45, 7) is 11.7. The molecule has 3 heterocycles. The molecule has 1 saturated heterocycles. The molecule has 1 aliphatic heterocycles. The number of amides is 1. The number of carbonyl (C=O) groups excluding carboxylic acids is 1. The number of pyridine rings is 1. The first-order valence-corrected chi connectivity index (χ1v) is 13.0. The first-order chi connectivity index (χ1) is 17.9. The second kappa shape index (κ2) is 12.0. The van der Waals surface area contributed by atoms with Crippen LogP contribution in [0.2, 0.25) is 0 Å². The van der Waals surface area contributed by atoms with E-state index in [9.17, 15) is 9.18 Å². The van der Waals surface area contributed by atoms with Crippen LogP contribution in [0.4, 0.5) is 10.2 Å². The zero-order valence-corrected chi connectivity index (χ0v) is 23.0. The number of hydrogen-bond acceptors (Lipinski definition) is 4. The number of carbonyl (C=O) groups is 1. The summed E-state index contributed by atoms with van der Waals surface area (Å²) in [5.41, 5.74) is 5.86. The molecule has 6 nitrogen and oxygen atoms in total. The summed E-state index contributed by atoms with van der Waals surface area (Å²) in [4.78, 5) is 22.7. The van der Waals surface area contributed by atoms with E-state index < -0.39 is 0 Å². The van der Waals surface area contributed by atoms with Gasteiger partial charge < -0.3 is 19.7 Å². The fourth-order valence-electron chi connectivity index (χ4n) is 5.08. The van der Waals surface area contributed by atoms with Gasteiger partial charge in [0, 0.05) is 50.3 Å². The predicted molar refractivity (Wildman–Crippen MR) is 154 cm³/mol. The molecule has 0 spiro atoms. The standard InChI is InChI=1S/C30H34FN5O.ClH/c1-4-34-14-16-35(17-15-34)30(37)27-18-26-21(2)22(3)36(20-24-8-6-5-7-9-24)28(26)29(33-27)32-19-23-10-12-25(31)13-11-23;/h5-13,18H,4,14-17,19-20H2,1-3H3,(H,32,33);1H. The summed E-state index contributed by atoms with van der Waals surface area (Å²) in [7, 11) is 0. The van der Waals surface area contributed by atoms with E-state index in [2.05, 4.69) is 47.7 Å². The van der Waals surface area contributed by atoms with Crippen LogP contribution in [0.1, 0.15) is 39.8 Å². The van der Waals surface area contributed by atoms with Crippen LogP contribution in [0.5, 0.6) is 0 Å². The Labute approximate surface area is 229 Å². The number of likely N-dealkylation sites (N-methyl/N-ethyl adjacent to an activating group) is 1. The number of piperazine rings is 1. The predicted octanol–water partition coefficient (Wildman–Crippen LogP) is 5.65. The van der Waals surface area contributed by atoms with Crippen LogP contribution in [0.25, 0.3) is 10.9 Å². The average Bonchev–Trinajstić information content (AvgIpc) is 3.17. The third-order valence-electron chi connectivity index (χ3n) is 7.50. The molecular weight excluding hydrogens is 501 g/mol. The zero-order valence-electron chi connectivity index (χ0n) is 22.2. The lowest BCUT2D eigenvalue weighted by Crippen LogP contribution is -2.48. The maximum Gasteiger partial charge on any atom is 0.272 e. The van der Waals surface area contributed by atoms with Crippen molar-refractivity contribution >= 4 is 35.0 Å². The van der Waals surface area contributed by atoms with Crippen molar-refractivity contribution in [2.24, 2.45) is 0 Å². The van der Waals surface area contributed by atoms with E-state index in [1.807, 2.05) is 29.2 Å². The van der Waals surface area contributed by atoms with Crippen LogP contribution in [0.3, 0.4) is 0 Å². The van der Waals surface area contributed by atoms with Crippen molar-refractivity contribution in [2.45, 2.75) is 33.9 Å². The van der Waals surface area contributed by atoms with E-state index in [1.165, 1.54) is 17.7 Å². The first kappa shape index (κ1) is 27.6. The van der Waals surface area contributed by atoms with Crippen LogP contribution in [-0.2, 0) is 13.1 Å². The number of aryl methyl sites for hydroxylation is 1.